The summed E-state index contributed by atoms with van der Waals surface area (Å²) < 4.78 is 10.6. The maximum Gasteiger partial charge on any atom is 0.292 e. The first-order valence-electron chi connectivity index (χ1n) is 11.2. The number of hydrogen-bond donors (Lipinski definition) is 1. The van der Waals surface area contributed by atoms with Crippen LogP contribution in [0.25, 0.3) is 0 Å². The second-order valence-corrected chi connectivity index (χ2v) is 8.93. The summed E-state index contributed by atoms with van der Waals surface area (Å²) >= 11 is 11.5. The smallest absolute Gasteiger partial charge is 0.292 e. The molecule has 2 fully saturated rings. The second-order valence-electron chi connectivity index (χ2n) is 8.11. The van der Waals surface area contributed by atoms with Crippen molar-refractivity contribution in [1.29, 1.82) is 0 Å². The van der Waals surface area contributed by atoms with Crippen LogP contribution in [-0.2, 0) is 4.74 Å². The predicted octanol–water partition coefficient (Wildman–Crippen LogP) is 2.93. The van der Waals surface area contributed by atoms with Crippen molar-refractivity contribution >= 4 is 51.9 Å². The molecule has 2 aromatic rings. The van der Waals surface area contributed by atoms with Crippen molar-refractivity contribution in [2.75, 3.05) is 69.4 Å². The van der Waals surface area contributed by atoms with Crippen molar-refractivity contribution in [2.45, 2.75) is 0 Å². The summed E-state index contributed by atoms with van der Waals surface area (Å²) in [6.07, 6.45) is 0. The zero-order chi connectivity index (χ0) is 24.9. The number of amides is 1. The summed E-state index contributed by atoms with van der Waals surface area (Å²) in [6.45, 7) is 4.81. The number of nitrogens with one attached hydrogen (secondary N) is 1. The highest BCUT2D eigenvalue weighted by molar-refractivity contribution is 7.80. The number of rotatable bonds is 5. The number of benzene rings is 2. The van der Waals surface area contributed by atoms with E-state index in [1.165, 1.54) is 13.2 Å². The predicted molar refractivity (Wildman–Crippen MR) is 138 cm³/mol. The van der Waals surface area contributed by atoms with Crippen molar-refractivity contribution in [3.8, 4) is 5.75 Å². The third-order valence-electron chi connectivity index (χ3n) is 6.07. The first-order chi connectivity index (χ1) is 16.9. The van der Waals surface area contributed by atoms with E-state index in [1.807, 2.05) is 15.9 Å². The lowest BCUT2D eigenvalue weighted by Crippen LogP contribution is -2.52. The molecule has 4 rings (SSSR count). The Labute approximate surface area is 213 Å². The first kappa shape index (κ1) is 25.0. The lowest BCUT2D eigenvalue weighted by atomic mass is 10.1. The number of nitro benzene ring substituents is 1. The summed E-state index contributed by atoms with van der Waals surface area (Å²) in [5.74, 6) is 0.0241. The average Bonchev–Trinajstić information content (AvgIpc) is 2.88. The number of nitro groups is 1. The van der Waals surface area contributed by atoms with Gasteiger partial charge in [-0.15, -0.1) is 0 Å². The van der Waals surface area contributed by atoms with Gasteiger partial charge in [-0.05, 0) is 42.5 Å². The Morgan fingerprint density at radius 3 is 2.46 bits per heavy atom. The number of piperazine rings is 1. The molecule has 186 valence electrons. The molecule has 10 nitrogen and oxygen atoms in total. The van der Waals surface area contributed by atoms with Gasteiger partial charge in [0.2, 0.25) is 0 Å². The van der Waals surface area contributed by atoms with Gasteiger partial charge in [0.05, 0.1) is 30.8 Å². The average molecular weight is 520 g/mol. The van der Waals surface area contributed by atoms with Crippen LogP contribution in [0.15, 0.2) is 36.4 Å². The monoisotopic (exact) mass is 519 g/mol. The van der Waals surface area contributed by atoms with Crippen LogP contribution in [0.2, 0.25) is 5.02 Å². The highest BCUT2D eigenvalue weighted by Crippen LogP contribution is 2.33. The molecule has 0 radical (unpaired) electrons. The fraction of sp³-hybridized carbons (Fsp3) is 0.391. The molecule has 0 aromatic heterocycles. The van der Waals surface area contributed by atoms with Crippen molar-refractivity contribution in [3.05, 3.63) is 57.1 Å². The van der Waals surface area contributed by atoms with E-state index < -0.39 is 0 Å². The Morgan fingerprint density at radius 1 is 1.09 bits per heavy atom. The van der Waals surface area contributed by atoms with Crippen LogP contribution in [0.5, 0.6) is 5.75 Å². The largest absolute Gasteiger partial charge is 0.496 e. The minimum absolute atomic E-state index is 0.0922. The Morgan fingerprint density at radius 2 is 1.80 bits per heavy atom. The number of morpholine rings is 1. The third-order valence-corrected chi connectivity index (χ3v) is 6.66. The summed E-state index contributed by atoms with van der Waals surface area (Å²) in [5.41, 5.74) is 1.92. The van der Waals surface area contributed by atoms with Crippen molar-refractivity contribution < 1.29 is 19.2 Å². The normalized spacial score (nSPS) is 16.1. The van der Waals surface area contributed by atoms with Gasteiger partial charge < -0.3 is 24.2 Å². The lowest BCUT2D eigenvalue weighted by Gasteiger charge is -2.37. The topological polar surface area (TPSA) is 100 Å². The molecule has 35 heavy (non-hydrogen) atoms. The van der Waals surface area contributed by atoms with Gasteiger partial charge in [-0.25, -0.2) is 0 Å². The number of anilines is 2. The van der Waals surface area contributed by atoms with Crippen molar-refractivity contribution in [1.82, 2.24) is 10.2 Å². The van der Waals surface area contributed by atoms with Gasteiger partial charge in [0.25, 0.3) is 11.6 Å². The van der Waals surface area contributed by atoms with Gasteiger partial charge in [-0.1, -0.05) is 11.6 Å². The van der Waals surface area contributed by atoms with E-state index in [-0.39, 0.29) is 16.5 Å². The Bertz CT molecular complexity index is 1120. The Kier molecular flexibility index (Phi) is 7.89. The van der Waals surface area contributed by atoms with Crippen LogP contribution >= 0.6 is 23.8 Å². The van der Waals surface area contributed by atoms with E-state index in [4.69, 9.17) is 33.3 Å². The first-order valence-corrected chi connectivity index (χ1v) is 12.0. The number of carbonyl (C=O) groups is 1. The van der Waals surface area contributed by atoms with Gasteiger partial charge in [-0.3, -0.25) is 20.2 Å². The van der Waals surface area contributed by atoms with E-state index in [0.717, 1.165) is 5.69 Å². The number of carbonyl (C=O) groups excluding carboxylic acids is 1. The van der Waals surface area contributed by atoms with E-state index in [0.29, 0.717) is 79.6 Å². The van der Waals surface area contributed by atoms with E-state index in [2.05, 4.69) is 10.2 Å². The minimum atomic E-state index is -0.387. The van der Waals surface area contributed by atoms with Crippen LogP contribution in [0.1, 0.15) is 10.4 Å². The molecule has 2 saturated heterocycles. The standard InChI is InChI=1S/C23H26ClN5O5S/c1-33-21-5-2-16(24)14-18(21)22(30)25-23(35)28-8-6-26(7-9-28)17-3-4-19(29(31)32)20(15-17)27-10-12-34-13-11-27/h2-5,14-15H,6-13H2,1H3,(H,25,30,35). The number of halogens is 1. The van der Waals surface area contributed by atoms with Gasteiger partial charge in [0.1, 0.15) is 11.4 Å². The maximum absolute atomic E-state index is 12.7. The highest BCUT2D eigenvalue weighted by atomic mass is 35.5. The molecule has 0 bridgehead atoms. The molecule has 1 amide bonds. The number of hydrogen-bond acceptors (Lipinski definition) is 8. The number of nitrogens with zero attached hydrogens (tertiary/aromatic N) is 4. The molecule has 2 heterocycles. The molecule has 0 unspecified atom stereocenters. The molecular formula is C23H26ClN5O5S. The molecule has 0 atom stereocenters. The van der Waals surface area contributed by atoms with Gasteiger partial charge in [-0.2, -0.15) is 0 Å². The molecule has 2 aliphatic rings. The summed E-state index contributed by atoms with van der Waals surface area (Å²) in [6, 6.07) is 10.0. The molecule has 0 spiro atoms. The third kappa shape index (κ3) is 5.75. The fourth-order valence-electron chi connectivity index (χ4n) is 4.19. The molecule has 0 saturated carbocycles. The maximum atomic E-state index is 12.7. The van der Waals surface area contributed by atoms with Crippen LogP contribution in [0, 0.1) is 10.1 Å². The van der Waals surface area contributed by atoms with Crippen molar-refractivity contribution in [2.24, 2.45) is 0 Å². The lowest BCUT2D eigenvalue weighted by molar-refractivity contribution is -0.384. The van der Waals surface area contributed by atoms with Gasteiger partial charge >= 0.3 is 0 Å². The van der Waals surface area contributed by atoms with E-state index >= 15 is 0 Å². The molecule has 12 heteroatoms. The number of methoxy groups -OCH3 is 1. The Balaban J connectivity index is 1.40. The molecular weight excluding hydrogens is 494 g/mol. The second kappa shape index (κ2) is 11.1. The van der Waals surface area contributed by atoms with Gasteiger partial charge in [0.15, 0.2) is 5.11 Å². The van der Waals surface area contributed by atoms with E-state index in [1.54, 1.807) is 24.3 Å². The van der Waals surface area contributed by atoms with Crippen LogP contribution in [0.3, 0.4) is 0 Å². The SMILES string of the molecule is COc1ccc(Cl)cc1C(=O)NC(=S)N1CCN(c2ccc([N+](=O)[O-])c(N3CCOCC3)c2)CC1. The van der Waals surface area contributed by atoms with Crippen LogP contribution < -0.4 is 19.9 Å². The van der Waals surface area contributed by atoms with E-state index in [9.17, 15) is 14.9 Å². The molecule has 2 aromatic carbocycles. The zero-order valence-corrected chi connectivity index (χ0v) is 20.8. The Hall–Kier alpha value is -3.15. The van der Waals surface area contributed by atoms with Crippen LogP contribution in [-0.4, -0.2) is 80.4 Å². The minimum Gasteiger partial charge on any atom is -0.496 e. The fourth-order valence-corrected chi connectivity index (χ4v) is 4.64. The summed E-state index contributed by atoms with van der Waals surface area (Å²) in [5, 5.41) is 15.1. The van der Waals surface area contributed by atoms with Gasteiger partial charge in [0, 0.05) is 56.0 Å². The van der Waals surface area contributed by atoms with Crippen molar-refractivity contribution in [3.63, 3.8) is 0 Å². The molecule has 1 N–H and O–H groups in total. The molecule has 0 aliphatic carbocycles. The zero-order valence-electron chi connectivity index (χ0n) is 19.2. The number of thiocarbonyl (C=S) groups is 1. The summed E-state index contributed by atoms with van der Waals surface area (Å²) in [7, 11) is 1.49. The van der Waals surface area contributed by atoms with Crippen LogP contribution in [0.4, 0.5) is 17.1 Å². The summed E-state index contributed by atoms with van der Waals surface area (Å²) in [4.78, 5) is 30.1. The number of ether oxygens (including phenoxy) is 2. The highest BCUT2D eigenvalue weighted by Gasteiger charge is 2.26. The quantitative estimate of drug-likeness (QED) is 0.363. The molecule has 2 aliphatic heterocycles.